The van der Waals surface area contributed by atoms with E-state index < -0.39 is 0 Å². The fourth-order valence-electron chi connectivity index (χ4n) is 3.73. The largest absolute Gasteiger partial charge is 0.301 e. The summed E-state index contributed by atoms with van der Waals surface area (Å²) in [5.74, 6) is 0.616. The zero-order chi connectivity index (χ0) is 14.4. The molecule has 1 unspecified atom stereocenters. The first-order chi connectivity index (χ1) is 10.2. The Hall–Kier alpha value is -2.09. The predicted molar refractivity (Wildman–Crippen MR) is 85.9 cm³/mol. The third kappa shape index (κ3) is 2.06. The second kappa shape index (κ2) is 4.73. The van der Waals surface area contributed by atoms with Gasteiger partial charge >= 0.3 is 0 Å². The van der Waals surface area contributed by atoms with E-state index in [2.05, 4.69) is 60.7 Å². The molecule has 0 radical (unpaired) electrons. The number of hydrogen-bond acceptors (Lipinski definition) is 1. The fourth-order valence-corrected chi connectivity index (χ4v) is 3.73. The first-order valence-corrected chi connectivity index (χ1v) is 7.75. The van der Waals surface area contributed by atoms with Crippen LogP contribution in [-0.4, -0.2) is 9.38 Å². The number of rotatable bonds is 1. The second-order valence-corrected chi connectivity index (χ2v) is 6.22. The zero-order valence-electron chi connectivity index (χ0n) is 12.6. The van der Waals surface area contributed by atoms with E-state index in [0.29, 0.717) is 5.92 Å². The molecule has 3 aromatic rings. The van der Waals surface area contributed by atoms with Gasteiger partial charge in [-0.1, -0.05) is 30.3 Å². The number of aromatic nitrogens is 2. The monoisotopic (exact) mass is 276 g/mol. The molecule has 0 N–H and O–H groups in total. The molecule has 2 heteroatoms. The molecular formula is C19H20N2. The molecule has 2 heterocycles. The van der Waals surface area contributed by atoms with Crippen LogP contribution in [0, 0.1) is 13.8 Å². The summed E-state index contributed by atoms with van der Waals surface area (Å²) >= 11 is 0. The Kier molecular flexibility index (Phi) is 2.85. The highest BCUT2D eigenvalue weighted by atomic mass is 15.0. The molecule has 1 aliphatic carbocycles. The number of nitrogens with zero attached hydrogens (tertiary/aromatic N) is 2. The smallest absolute Gasteiger partial charge is 0.137 e. The summed E-state index contributed by atoms with van der Waals surface area (Å²) in [6.07, 6.45) is 3.41. The van der Waals surface area contributed by atoms with Crippen molar-refractivity contribution in [3.63, 3.8) is 0 Å². The predicted octanol–water partition coefficient (Wildman–Crippen LogP) is 4.22. The number of fused-ring (bicyclic) bond motifs is 3. The van der Waals surface area contributed by atoms with Crippen molar-refractivity contribution in [2.24, 2.45) is 0 Å². The lowest BCUT2D eigenvalue weighted by Crippen LogP contribution is -2.14. The molecule has 0 saturated carbocycles. The third-order valence-corrected chi connectivity index (χ3v) is 4.67. The Morgan fingerprint density at radius 1 is 1.10 bits per heavy atom. The van der Waals surface area contributed by atoms with Crippen LogP contribution in [0.3, 0.4) is 0 Å². The van der Waals surface area contributed by atoms with Gasteiger partial charge in [-0.05, 0) is 62.3 Å². The average Bonchev–Trinajstić information content (AvgIpc) is 2.85. The van der Waals surface area contributed by atoms with E-state index >= 15 is 0 Å². The number of benzene rings is 1. The number of aryl methyl sites for hydroxylation is 3. The van der Waals surface area contributed by atoms with Crippen LogP contribution in [-0.2, 0) is 12.8 Å². The first-order valence-electron chi connectivity index (χ1n) is 7.75. The lowest BCUT2D eigenvalue weighted by Gasteiger charge is -2.22. The summed E-state index contributed by atoms with van der Waals surface area (Å²) < 4.78 is 2.35. The summed E-state index contributed by atoms with van der Waals surface area (Å²) in [7, 11) is 0. The second-order valence-electron chi connectivity index (χ2n) is 6.22. The maximum atomic E-state index is 4.91. The quantitative estimate of drug-likeness (QED) is 0.650. The van der Waals surface area contributed by atoms with Crippen LogP contribution in [0.25, 0.3) is 5.65 Å². The highest BCUT2D eigenvalue weighted by molar-refractivity contribution is 5.49. The van der Waals surface area contributed by atoms with Crippen LogP contribution in [0.1, 0.15) is 40.5 Å². The minimum absolute atomic E-state index is 0.616. The van der Waals surface area contributed by atoms with Crippen LogP contribution in [0.2, 0.25) is 0 Å². The van der Waals surface area contributed by atoms with Gasteiger partial charge in [0, 0.05) is 11.4 Å². The van der Waals surface area contributed by atoms with Crippen molar-refractivity contribution in [2.45, 2.75) is 39.0 Å². The Bertz CT molecular complexity index is 799. The third-order valence-electron chi connectivity index (χ3n) is 4.67. The minimum Gasteiger partial charge on any atom is -0.301 e. The Morgan fingerprint density at radius 3 is 2.71 bits per heavy atom. The van der Waals surface area contributed by atoms with E-state index in [1.54, 1.807) is 0 Å². The molecule has 0 spiro atoms. The van der Waals surface area contributed by atoms with Crippen molar-refractivity contribution >= 4 is 5.65 Å². The van der Waals surface area contributed by atoms with Crippen molar-refractivity contribution in [1.82, 2.24) is 9.38 Å². The molecule has 1 aromatic carbocycles. The van der Waals surface area contributed by atoms with Gasteiger partial charge in [0.15, 0.2) is 0 Å². The Balaban J connectivity index is 1.78. The van der Waals surface area contributed by atoms with Gasteiger partial charge in [0.2, 0.25) is 0 Å². The molecule has 0 fully saturated rings. The minimum atomic E-state index is 0.616. The fraction of sp³-hybridized carbons (Fsp3) is 0.316. The van der Waals surface area contributed by atoms with Gasteiger partial charge in [-0.15, -0.1) is 0 Å². The lowest BCUT2D eigenvalue weighted by atomic mass is 9.84. The molecule has 0 aliphatic heterocycles. The summed E-state index contributed by atoms with van der Waals surface area (Å²) in [5, 5.41) is 0. The Labute approximate surface area is 125 Å². The van der Waals surface area contributed by atoms with E-state index in [1.165, 1.54) is 34.6 Å². The standard InChI is InChI=1S/C19H20N2/c1-13-10-14(2)21-18-9-8-16(15-6-4-3-5-7-15)12-17(18)20-19(21)11-13/h3-7,10-11,16H,8-9,12H2,1-2H3. The summed E-state index contributed by atoms with van der Waals surface area (Å²) in [5.41, 5.74) is 7.89. The molecule has 1 aliphatic rings. The zero-order valence-corrected chi connectivity index (χ0v) is 12.6. The molecule has 21 heavy (non-hydrogen) atoms. The van der Waals surface area contributed by atoms with Crippen LogP contribution in [0.15, 0.2) is 42.5 Å². The molecule has 0 amide bonds. The van der Waals surface area contributed by atoms with Crippen LogP contribution in [0.4, 0.5) is 0 Å². The lowest BCUT2D eigenvalue weighted by molar-refractivity contribution is 0.567. The SMILES string of the molecule is Cc1cc(C)n2c3c(nc2c1)CC(c1ccccc1)CC3. The van der Waals surface area contributed by atoms with Gasteiger partial charge in [0.1, 0.15) is 5.65 Å². The number of pyridine rings is 1. The van der Waals surface area contributed by atoms with Gasteiger partial charge in [-0.2, -0.15) is 0 Å². The van der Waals surface area contributed by atoms with Gasteiger partial charge in [0.25, 0.3) is 0 Å². The average molecular weight is 276 g/mol. The molecule has 4 rings (SSSR count). The number of hydrogen-bond donors (Lipinski definition) is 0. The molecule has 2 nitrogen and oxygen atoms in total. The van der Waals surface area contributed by atoms with Gasteiger partial charge in [0.05, 0.1) is 5.69 Å². The maximum absolute atomic E-state index is 4.91. The van der Waals surface area contributed by atoms with Crippen molar-refractivity contribution in [3.05, 3.63) is 70.7 Å². The van der Waals surface area contributed by atoms with E-state index in [0.717, 1.165) is 18.5 Å². The first kappa shape index (κ1) is 12.6. The van der Waals surface area contributed by atoms with E-state index in [4.69, 9.17) is 4.98 Å². The molecular weight excluding hydrogens is 256 g/mol. The summed E-state index contributed by atoms with van der Waals surface area (Å²) in [6.45, 7) is 4.33. The van der Waals surface area contributed by atoms with Crippen LogP contribution < -0.4 is 0 Å². The van der Waals surface area contributed by atoms with E-state index in [-0.39, 0.29) is 0 Å². The molecule has 0 saturated heterocycles. The maximum Gasteiger partial charge on any atom is 0.137 e. The van der Waals surface area contributed by atoms with Gasteiger partial charge in [-0.3, -0.25) is 0 Å². The van der Waals surface area contributed by atoms with E-state index in [9.17, 15) is 0 Å². The topological polar surface area (TPSA) is 17.3 Å². The van der Waals surface area contributed by atoms with Crippen LogP contribution in [0.5, 0.6) is 0 Å². The van der Waals surface area contributed by atoms with Gasteiger partial charge < -0.3 is 4.40 Å². The number of imidazole rings is 1. The normalized spacial score (nSPS) is 17.9. The highest BCUT2D eigenvalue weighted by Crippen LogP contribution is 2.33. The summed E-state index contributed by atoms with van der Waals surface area (Å²) in [4.78, 5) is 4.91. The molecule has 106 valence electrons. The molecule has 0 bridgehead atoms. The molecule has 2 aromatic heterocycles. The van der Waals surface area contributed by atoms with Crippen LogP contribution >= 0.6 is 0 Å². The molecule has 1 atom stereocenters. The van der Waals surface area contributed by atoms with Crippen molar-refractivity contribution in [1.29, 1.82) is 0 Å². The summed E-state index contributed by atoms with van der Waals surface area (Å²) in [6, 6.07) is 15.3. The van der Waals surface area contributed by atoms with Crippen molar-refractivity contribution in [3.8, 4) is 0 Å². The highest BCUT2D eigenvalue weighted by Gasteiger charge is 2.24. The van der Waals surface area contributed by atoms with Crippen molar-refractivity contribution in [2.75, 3.05) is 0 Å². The van der Waals surface area contributed by atoms with Gasteiger partial charge in [-0.25, -0.2) is 4.98 Å². The Morgan fingerprint density at radius 2 is 1.90 bits per heavy atom. The van der Waals surface area contributed by atoms with Crippen molar-refractivity contribution < 1.29 is 0 Å². The van der Waals surface area contributed by atoms with E-state index in [1.807, 2.05) is 0 Å².